The van der Waals surface area contributed by atoms with E-state index in [9.17, 15) is 13.6 Å². The quantitative estimate of drug-likeness (QED) is 0.815. The highest BCUT2D eigenvalue weighted by atomic mass is 19.1. The molecule has 0 spiro atoms. The average molecular weight is 259 g/mol. The van der Waals surface area contributed by atoms with E-state index in [4.69, 9.17) is 15.6 Å². The van der Waals surface area contributed by atoms with Gasteiger partial charge in [-0.3, -0.25) is 0 Å². The molecule has 1 unspecified atom stereocenters. The van der Waals surface area contributed by atoms with Gasteiger partial charge < -0.3 is 15.6 Å². The molecule has 1 atom stereocenters. The van der Waals surface area contributed by atoms with E-state index < -0.39 is 29.5 Å². The van der Waals surface area contributed by atoms with E-state index in [2.05, 4.69) is 0 Å². The third kappa shape index (κ3) is 3.40. The molecular weight excluding hydrogens is 244 g/mol. The number of aliphatic carboxylic acids is 1. The van der Waals surface area contributed by atoms with Crippen LogP contribution < -0.4 is 10.5 Å². The predicted molar refractivity (Wildman–Crippen MR) is 61.5 cm³/mol. The van der Waals surface area contributed by atoms with E-state index in [-0.39, 0.29) is 13.0 Å². The molecule has 0 saturated heterocycles. The predicted octanol–water partition coefficient (Wildman–Crippen LogP) is 1.71. The van der Waals surface area contributed by atoms with Crippen molar-refractivity contribution in [3.63, 3.8) is 0 Å². The Balaban J connectivity index is 2.99. The van der Waals surface area contributed by atoms with Crippen molar-refractivity contribution < 1.29 is 23.4 Å². The molecular formula is C12H15F2NO3. The zero-order valence-corrected chi connectivity index (χ0v) is 9.95. The van der Waals surface area contributed by atoms with Gasteiger partial charge in [0.15, 0.2) is 23.5 Å². The summed E-state index contributed by atoms with van der Waals surface area (Å²) < 4.78 is 32.0. The summed E-state index contributed by atoms with van der Waals surface area (Å²) in [7, 11) is 0. The molecule has 0 fully saturated rings. The van der Waals surface area contributed by atoms with Crippen molar-refractivity contribution in [2.75, 3.05) is 6.54 Å². The lowest BCUT2D eigenvalue weighted by Gasteiger charge is -2.15. The second-order valence-corrected chi connectivity index (χ2v) is 3.78. The van der Waals surface area contributed by atoms with Crippen LogP contribution >= 0.6 is 0 Å². The highest BCUT2D eigenvalue weighted by Gasteiger charge is 2.21. The van der Waals surface area contributed by atoms with Gasteiger partial charge in [0.1, 0.15) is 0 Å². The average Bonchev–Trinajstić information content (AvgIpc) is 2.28. The summed E-state index contributed by atoms with van der Waals surface area (Å²) in [4.78, 5) is 10.7. The molecule has 4 nitrogen and oxygen atoms in total. The molecule has 0 aliphatic carbocycles. The maximum Gasteiger partial charge on any atom is 0.344 e. The summed E-state index contributed by atoms with van der Waals surface area (Å²) in [5, 5.41) is 8.77. The van der Waals surface area contributed by atoms with Gasteiger partial charge in [0.25, 0.3) is 0 Å². The van der Waals surface area contributed by atoms with Crippen molar-refractivity contribution in [1.29, 1.82) is 0 Å². The third-order valence-electron chi connectivity index (χ3n) is 2.40. The molecule has 100 valence electrons. The highest BCUT2D eigenvalue weighted by Crippen LogP contribution is 2.25. The van der Waals surface area contributed by atoms with Gasteiger partial charge in [0.05, 0.1) is 0 Å². The summed E-state index contributed by atoms with van der Waals surface area (Å²) in [6.07, 6.45) is -0.822. The van der Waals surface area contributed by atoms with Gasteiger partial charge in [-0.25, -0.2) is 13.6 Å². The molecule has 0 aromatic heterocycles. The van der Waals surface area contributed by atoms with Crippen molar-refractivity contribution in [3.05, 3.63) is 29.3 Å². The molecule has 6 heteroatoms. The Kier molecular flexibility index (Phi) is 5.03. The highest BCUT2D eigenvalue weighted by molar-refractivity contribution is 5.72. The smallest absolute Gasteiger partial charge is 0.344 e. The van der Waals surface area contributed by atoms with E-state index in [0.29, 0.717) is 12.0 Å². The number of nitrogens with two attached hydrogens (primary N) is 1. The van der Waals surface area contributed by atoms with Crippen molar-refractivity contribution in [2.45, 2.75) is 25.9 Å². The van der Waals surface area contributed by atoms with Crippen molar-refractivity contribution in [1.82, 2.24) is 0 Å². The van der Waals surface area contributed by atoms with E-state index in [0.717, 1.165) is 12.1 Å². The lowest BCUT2D eigenvalue weighted by atomic mass is 10.1. The first-order valence-electron chi connectivity index (χ1n) is 5.57. The van der Waals surface area contributed by atoms with Crippen LogP contribution in [-0.2, 0) is 11.2 Å². The second-order valence-electron chi connectivity index (χ2n) is 3.78. The first kappa shape index (κ1) is 14.4. The Bertz CT molecular complexity index is 414. The van der Waals surface area contributed by atoms with Crippen LogP contribution in [0.25, 0.3) is 0 Å². The Labute approximate surface area is 103 Å². The van der Waals surface area contributed by atoms with Gasteiger partial charge in [-0.05, 0) is 37.1 Å². The zero-order valence-electron chi connectivity index (χ0n) is 9.95. The Morgan fingerprint density at radius 3 is 2.39 bits per heavy atom. The van der Waals surface area contributed by atoms with Crippen LogP contribution in [0.15, 0.2) is 12.1 Å². The minimum atomic E-state index is -1.27. The molecule has 0 aliphatic rings. The number of rotatable bonds is 6. The fraction of sp³-hybridized carbons (Fsp3) is 0.417. The molecule has 0 radical (unpaired) electrons. The molecule has 1 rings (SSSR count). The van der Waals surface area contributed by atoms with E-state index in [1.165, 1.54) is 0 Å². The Hall–Kier alpha value is -1.69. The minimum Gasteiger partial charge on any atom is -0.479 e. The van der Waals surface area contributed by atoms with Gasteiger partial charge in [-0.15, -0.1) is 0 Å². The van der Waals surface area contributed by atoms with Crippen LogP contribution in [0.4, 0.5) is 8.78 Å². The second kappa shape index (κ2) is 6.30. The normalized spacial score (nSPS) is 12.2. The summed E-state index contributed by atoms with van der Waals surface area (Å²) in [5.41, 5.74) is 5.69. The van der Waals surface area contributed by atoms with Gasteiger partial charge in [-0.2, -0.15) is 0 Å². The lowest BCUT2D eigenvalue weighted by molar-refractivity contribution is -0.145. The van der Waals surface area contributed by atoms with Crippen LogP contribution in [0.2, 0.25) is 0 Å². The summed E-state index contributed by atoms with van der Waals surface area (Å²) in [6, 6.07) is 2.19. The van der Waals surface area contributed by atoms with Crippen LogP contribution in [-0.4, -0.2) is 23.7 Å². The number of halogens is 2. The van der Waals surface area contributed by atoms with E-state index in [1.54, 1.807) is 6.92 Å². The molecule has 3 N–H and O–H groups in total. The third-order valence-corrected chi connectivity index (χ3v) is 2.40. The molecule has 18 heavy (non-hydrogen) atoms. The Morgan fingerprint density at radius 2 is 2.00 bits per heavy atom. The monoisotopic (exact) mass is 259 g/mol. The SMILES string of the molecule is CCC(Oc1c(F)cc(CCN)cc1F)C(=O)O. The van der Waals surface area contributed by atoms with E-state index >= 15 is 0 Å². The van der Waals surface area contributed by atoms with Gasteiger partial charge >= 0.3 is 5.97 Å². The van der Waals surface area contributed by atoms with Gasteiger partial charge in [0.2, 0.25) is 0 Å². The topological polar surface area (TPSA) is 72.5 Å². The first-order chi connectivity index (χ1) is 8.49. The molecule has 1 aromatic carbocycles. The number of carbonyl (C=O) groups is 1. The minimum absolute atomic E-state index is 0.110. The first-order valence-corrected chi connectivity index (χ1v) is 5.57. The van der Waals surface area contributed by atoms with Crippen LogP contribution in [0, 0.1) is 11.6 Å². The maximum atomic E-state index is 13.6. The van der Waals surface area contributed by atoms with E-state index in [1.807, 2.05) is 0 Å². The maximum absolute atomic E-state index is 13.6. The molecule has 0 bridgehead atoms. The zero-order chi connectivity index (χ0) is 13.7. The van der Waals surface area contributed by atoms with Crippen LogP contribution in [0.3, 0.4) is 0 Å². The fourth-order valence-electron chi connectivity index (χ4n) is 1.49. The van der Waals surface area contributed by atoms with Crippen molar-refractivity contribution >= 4 is 5.97 Å². The van der Waals surface area contributed by atoms with Crippen LogP contribution in [0.5, 0.6) is 5.75 Å². The molecule has 0 aliphatic heterocycles. The number of hydrogen-bond donors (Lipinski definition) is 2. The van der Waals surface area contributed by atoms with Gasteiger partial charge in [-0.1, -0.05) is 6.92 Å². The standard InChI is InChI=1S/C12H15F2NO3/c1-2-10(12(16)17)18-11-8(13)5-7(3-4-15)6-9(11)14/h5-6,10H,2-4,15H2,1H3,(H,16,17). The molecule has 0 heterocycles. The molecule has 0 saturated carbocycles. The Morgan fingerprint density at radius 1 is 1.44 bits per heavy atom. The molecule has 1 aromatic rings. The largest absolute Gasteiger partial charge is 0.479 e. The molecule has 0 amide bonds. The number of ether oxygens (including phenoxy) is 1. The number of carboxylic acids is 1. The summed E-state index contributed by atoms with van der Waals surface area (Å²) in [6.45, 7) is 1.82. The van der Waals surface area contributed by atoms with Crippen molar-refractivity contribution in [2.24, 2.45) is 5.73 Å². The fourth-order valence-corrected chi connectivity index (χ4v) is 1.49. The lowest BCUT2D eigenvalue weighted by Crippen LogP contribution is -2.26. The number of benzene rings is 1. The van der Waals surface area contributed by atoms with Crippen molar-refractivity contribution in [3.8, 4) is 5.75 Å². The number of hydrogen-bond acceptors (Lipinski definition) is 3. The van der Waals surface area contributed by atoms with Crippen LogP contribution in [0.1, 0.15) is 18.9 Å². The van der Waals surface area contributed by atoms with Gasteiger partial charge in [0, 0.05) is 0 Å². The number of carboxylic acid groups (broad SMARTS) is 1. The summed E-state index contributed by atoms with van der Waals surface area (Å²) >= 11 is 0. The summed E-state index contributed by atoms with van der Waals surface area (Å²) in [5.74, 6) is -3.76.